The number of aromatic nitrogens is 1. The summed E-state index contributed by atoms with van der Waals surface area (Å²) in [6.07, 6.45) is 4.08. The monoisotopic (exact) mass is 279 g/mol. The number of halogens is 1. The van der Waals surface area contributed by atoms with E-state index in [-0.39, 0.29) is 5.82 Å². The molecule has 1 saturated heterocycles. The standard InChI is InChI=1S/C16H26FN3/c1-12(2)9-18-10-14-6-7-19-16(15(14)17)20-8-4-5-13(3)11-20/h6-7,12-13,18H,4-5,8-11H2,1-3H3. The minimum atomic E-state index is -0.155. The Morgan fingerprint density at radius 3 is 3.00 bits per heavy atom. The van der Waals surface area contributed by atoms with Crippen molar-refractivity contribution in [1.82, 2.24) is 10.3 Å². The molecule has 3 nitrogen and oxygen atoms in total. The van der Waals surface area contributed by atoms with Crippen molar-refractivity contribution in [3.8, 4) is 0 Å². The molecule has 0 spiro atoms. The molecule has 1 fully saturated rings. The molecule has 2 heterocycles. The molecule has 2 rings (SSSR count). The molecule has 1 atom stereocenters. The van der Waals surface area contributed by atoms with Gasteiger partial charge in [-0.1, -0.05) is 20.8 Å². The second-order valence-corrected chi connectivity index (χ2v) is 6.33. The summed E-state index contributed by atoms with van der Waals surface area (Å²) in [5.41, 5.74) is 0.717. The van der Waals surface area contributed by atoms with E-state index in [0.717, 1.165) is 26.1 Å². The zero-order valence-electron chi connectivity index (χ0n) is 12.8. The largest absolute Gasteiger partial charge is 0.354 e. The highest BCUT2D eigenvalue weighted by molar-refractivity contribution is 5.43. The van der Waals surface area contributed by atoms with Gasteiger partial charge >= 0.3 is 0 Å². The summed E-state index contributed by atoms with van der Waals surface area (Å²) in [7, 11) is 0. The van der Waals surface area contributed by atoms with Crippen molar-refractivity contribution in [2.24, 2.45) is 11.8 Å². The van der Waals surface area contributed by atoms with E-state index in [1.807, 2.05) is 0 Å². The van der Waals surface area contributed by atoms with E-state index < -0.39 is 0 Å². The summed E-state index contributed by atoms with van der Waals surface area (Å²) in [5.74, 6) is 1.56. The molecule has 0 aromatic carbocycles. The van der Waals surface area contributed by atoms with Crippen LogP contribution in [0.2, 0.25) is 0 Å². The fourth-order valence-corrected chi connectivity index (χ4v) is 2.71. The number of rotatable bonds is 5. The SMILES string of the molecule is CC(C)CNCc1ccnc(N2CCCC(C)C2)c1F. The molecule has 0 radical (unpaired) electrons. The van der Waals surface area contributed by atoms with Gasteiger partial charge < -0.3 is 10.2 Å². The maximum atomic E-state index is 14.6. The number of anilines is 1. The van der Waals surface area contributed by atoms with E-state index in [9.17, 15) is 4.39 Å². The molecular formula is C16H26FN3. The van der Waals surface area contributed by atoms with E-state index in [0.29, 0.717) is 29.8 Å². The lowest BCUT2D eigenvalue weighted by Crippen LogP contribution is -2.35. The highest BCUT2D eigenvalue weighted by Crippen LogP contribution is 2.25. The first-order valence-electron chi connectivity index (χ1n) is 7.67. The van der Waals surface area contributed by atoms with Gasteiger partial charge in [-0.15, -0.1) is 0 Å². The van der Waals surface area contributed by atoms with E-state index in [1.54, 1.807) is 12.3 Å². The van der Waals surface area contributed by atoms with Gasteiger partial charge in [-0.25, -0.2) is 9.37 Å². The lowest BCUT2D eigenvalue weighted by molar-refractivity contribution is 0.438. The third-order valence-corrected chi connectivity index (χ3v) is 3.78. The average molecular weight is 279 g/mol. The van der Waals surface area contributed by atoms with Crippen LogP contribution in [0.5, 0.6) is 0 Å². The molecule has 0 bridgehead atoms. The summed E-state index contributed by atoms with van der Waals surface area (Å²) < 4.78 is 14.6. The number of piperidine rings is 1. The van der Waals surface area contributed by atoms with Gasteiger partial charge in [-0.05, 0) is 37.3 Å². The zero-order chi connectivity index (χ0) is 14.5. The van der Waals surface area contributed by atoms with Gasteiger partial charge in [0.2, 0.25) is 0 Å². The van der Waals surface area contributed by atoms with Crippen molar-refractivity contribution in [2.75, 3.05) is 24.5 Å². The van der Waals surface area contributed by atoms with Crippen LogP contribution in [0.3, 0.4) is 0 Å². The third-order valence-electron chi connectivity index (χ3n) is 3.78. The summed E-state index contributed by atoms with van der Waals surface area (Å²) in [5, 5.41) is 3.29. The Kier molecular flexibility index (Phi) is 5.35. The summed E-state index contributed by atoms with van der Waals surface area (Å²) in [4.78, 5) is 6.36. The van der Waals surface area contributed by atoms with Gasteiger partial charge in [0.1, 0.15) is 0 Å². The van der Waals surface area contributed by atoms with E-state index >= 15 is 0 Å². The highest BCUT2D eigenvalue weighted by Gasteiger charge is 2.21. The molecule has 0 amide bonds. The summed E-state index contributed by atoms with van der Waals surface area (Å²) in [6.45, 7) is 9.82. The Morgan fingerprint density at radius 1 is 1.50 bits per heavy atom. The Balaban J connectivity index is 2.06. The van der Waals surface area contributed by atoms with Crippen LogP contribution in [-0.2, 0) is 6.54 Å². The van der Waals surface area contributed by atoms with Crippen molar-refractivity contribution < 1.29 is 4.39 Å². The second-order valence-electron chi connectivity index (χ2n) is 6.33. The van der Waals surface area contributed by atoms with Crippen LogP contribution in [0, 0.1) is 17.7 Å². The molecule has 0 aliphatic carbocycles. The molecule has 1 aliphatic heterocycles. The zero-order valence-corrected chi connectivity index (χ0v) is 12.8. The summed E-state index contributed by atoms with van der Waals surface area (Å²) in [6, 6.07) is 1.78. The predicted octanol–water partition coefficient (Wildman–Crippen LogP) is 3.20. The summed E-state index contributed by atoms with van der Waals surface area (Å²) >= 11 is 0. The molecule has 1 aliphatic rings. The fourth-order valence-electron chi connectivity index (χ4n) is 2.71. The molecule has 1 aromatic rings. The van der Waals surface area contributed by atoms with Crippen LogP contribution in [-0.4, -0.2) is 24.6 Å². The molecule has 0 saturated carbocycles. The van der Waals surface area contributed by atoms with Crippen molar-refractivity contribution in [3.63, 3.8) is 0 Å². The lowest BCUT2D eigenvalue weighted by atomic mass is 10.0. The first-order chi connectivity index (χ1) is 9.58. The maximum Gasteiger partial charge on any atom is 0.170 e. The Labute approximate surface area is 121 Å². The Hall–Kier alpha value is -1.16. The van der Waals surface area contributed by atoms with Crippen molar-refractivity contribution in [2.45, 2.75) is 40.2 Å². The van der Waals surface area contributed by atoms with Gasteiger partial charge in [-0.2, -0.15) is 0 Å². The number of nitrogens with one attached hydrogen (secondary N) is 1. The molecule has 1 aromatic heterocycles. The van der Waals surface area contributed by atoms with Crippen LogP contribution < -0.4 is 10.2 Å². The molecule has 1 unspecified atom stereocenters. The average Bonchev–Trinajstić information content (AvgIpc) is 2.40. The number of hydrogen-bond acceptors (Lipinski definition) is 3. The number of hydrogen-bond donors (Lipinski definition) is 1. The maximum absolute atomic E-state index is 14.6. The first-order valence-corrected chi connectivity index (χ1v) is 7.67. The Bertz CT molecular complexity index is 434. The third kappa shape index (κ3) is 3.92. The van der Waals surface area contributed by atoms with E-state index in [4.69, 9.17) is 0 Å². The van der Waals surface area contributed by atoms with Gasteiger partial charge in [0.15, 0.2) is 11.6 Å². The molecule has 4 heteroatoms. The topological polar surface area (TPSA) is 28.2 Å². The van der Waals surface area contributed by atoms with E-state index in [2.05, 4.69) is 36.0 Å². The van der Waals surface area contributed by atoms with Crippen molar-refractivity contribution in [3.05, 3.63) is 23.6 Å². The van der Waals surface area contributed by atoms with Crippen LogP contribution in [0.1, 0.15) is 39.2 Å². The molecule has 112 valence electrons. The molecule has 20 heavy (non-hydrogen) atoms. The quantitative estimate of drug-likeness (QED) is 0.897. The minimum Gasteiger partial charge on any atom is -0.354 e. The van der Waals surface area contributed by atoms with Gasteiger partial charge in [0, 0.05) is 31.4 Å². The van der Waals surface area contributed by atoms with Crippen LogP contribution in [0.25, 0.3) is 0 Å². The number of nitrogens with zero attached hydrogens (tertiary/aromatic N) is 2. The van der Waals surface area contributed by atoms with Gasteiger partial charge in [0.05, 0.1) is 0 Å². The number of pyridine rings is 1. The highest BCUT2D eigenvalue weighted by atomic mass is 19.1. The predicted molar refractivity (Wildman–Crippen MR) is 81.4 cm³/mol. The second kappa shape index (κ2) is 7.02. The van der Waals surface area contributed by atoms with E-state index in [1.165, 1.54) is 6.42 Å². The van der Waals surface area contributed by atoms with Gasteiger partial charge in [-0.3, -0.25) is 0 Å². The van der Waals surface area contributed by atoms with Crippen LogP contribution in [0.15, 0.2) is 12.3 Å². The smallest absolute Gasteiger partial charge is 0.170 e. The Morgan fingerprint density at radius 2 is 2.30 bits per heavy atom. The first kappa shape index (κ1) is 15.2. The molecule has 1 N–H and O–H groups in total. The van der Waals surface area contributed by atoms with Crippen molar-refractivity contribution in [1.29, 1.82) is 0 Å². The normalized spacial score (nSPS) is 19.6. The van der Waals surface area contributed by atoms with Crippen LogP contribution >= 0.6 is 0 Å². The fraction of sp³-hybridized carbons (Fsp3) is 0.688. The van der Waals surface area contributed by atoms with Crippen molar-refractivity contribution >= 4 is 5.82 Å². The molecular weight excluding hydrogens is 253 g/mol. The van der Waals surface area contributed by atoms with Gasteiger partial charge in [0.25, 0.3) is 0 Å². The van der Waals surface area contributed by atoms with Crippen LogP contribution in [0.4, 0.5) is 10.2 Å². The minimum absolute atomic E-state index is 0.155. The lowest BCUT2D eigenvalue weighted by Gasteiger charge is -2.32.